The average molecular weight is 1210 g/mol. The zero-order chi connectivity index (χ0) is 63.0. The van der Waals surface area contributed by atoms with Crippen LogP contribution < -0.4 is 25.4 Å². The summed E-state index contributed by atoms with van der Waals surface area (Å²) in [6, 6.07) is 23.7. The Morgan fingerprint density at radius 2 is 1.40 bits per heavy atom. The first-order valence-corrected chi connectivity index (χ1v) is 32.9. The second-order valence-corrected chi connectivity index (χ2v) is 27.2. The van der Waals surface area contributed by atoms with Crippen molar-refractivity contribution in [1.29, 1.82) is 0 Å². The van der Waals surface area contributed by atoms with Crippen molar-refractivity contribution in [2.24, 2.45) is 5.41 Å². The molecule has 2 aliphatic carbocycles. The summed E-state index contributed by atoms with van der Waals surface area (Å²) >= 11 is 0. The van der Waals surface area contributed by atoms with Gasteiger partial charge in [0.25, 0.3) is 5.91 Å². The highest BCUT2D eigenvalue weighted by Crippen LogP contribution is 2.50. The molecule has 10 rings (SSSR count). The third-order valence-electron chi connectivity index (χ3n) is 19.0. The Labute approximate surface area is 526 Å². The maximum atomic E-state index is 14.8. The number of carbonyl (C=O) groups is 4. The van der Waals surface area contributed by atoms with Crippen LogP contribution in [0.2, 0.25) is 0 Å². The van der Waals surface area contributed by atoms with Crippen molar-refractivity contribution in [3.63, 3.8) is 0 Å². The number of carbonyl (C=O) groups excluding carboxylic acids is 4. The number of nitrogens with zero attached hydrogens (tertiary/aromatic N) is 7. The lowest BCUT2D eigenvalue weighted by atomic mass is 9.64. The Bertz CT molecular complexity index is 3560. The molecule has 89 heavy (non-hydrogen) atoms. The van der Waals surface area contributed by atoms with Gasteiger partial charge in [-0.15, -0.1) is 20.4 Å². The zero-order valence-corrected chi connectivity index (χ0v) is 54.7. The van der Waals surface area contributed by atoms with Crippen molar-refractivity contribution in [2.45, 2.75) is 163 Å². The molecule has 1 N–H and O–H groups in total. The third kappa shape index (κ3) is 14.8. The van der Waals surface area contributed by atoms with E-state index in [0.29, 0.717) is 146 Å². The molecule has 2 amide bonds. The van der Waals surface area contributed by atoms with Gasteiger partial charge in [0.2, 0.25) is 17.1 Å². The summed E-state index contributed by atoms with van der Waals surface area (Å²) < 4.78 is 25.8. The van der Waals surface area contributed by atoms with E-state index in [9.17, 15) is 19.2 Å². The average Bonchev–Trinajstić information content (AvgIpc) is 0.698. The predicted octanol–water partition coefficient (Wildman–Crippen LogP) is 9.33. The minimum Gasteiger partial charge on any atom is -0.379 e. The summed E-state index contributed by atoms with van der Waals surface area (Å²) in [5, 5.41) is 22.0. The zero-order valence-electron chi connectivity index (χ0n) is 54.7. The molecule has 1 atom stereocenters. The molecule has 4 heterocycles. The van der Waals surface area contributed by atoms with Crippen molar-refractivity contribution in [3.05, 3.63) is 144 Å². The van der Waals surface area contributed by atoms with Crippen LogP contribution in [0.5, 0.6) is 0 Å². The number of Topliss-reactive ketones (excluding diaryl/α,β-unsaturated/α-hetero) is 2. The monoisotopic (exact) mass is 1210 g/mol. The number of ketones is 2. The molecule has 1 saturated carbocycles. The molecule has 1 fully saturated rings. The van der Waals surface area contributed by atoms with Crippen molar-refractivity contribution in [2.75, 3.05) is 97.5 Å². The number of allylic oxidation sites excluding steroid dienone is 1. The van der Waals surface area contributed by atoms with Gasteiger partial charge in [-0.3, -0.25) is 19.2 Å². The molecule has 16 heteroatoms. The van der Waals surface area contributed by atoms with Gasteiger partial charge >= 0.3 is 0 Å². The molecule has 5 aromatic rings. The van der Waals surface area contributed by atoms with Gasteiger partial charge in [-0.05, 0) is 159 Å². The molecular weight excluding hydrogens is 1120 g/mol. The molecule has 0 spiro atoms. The van der Waals surface area contributed by atoms with E-state index < -0.39 is 0 Å². The molecule has 1 unspecified atom stereocenters. The van der Waals surface area contributed by atoms with E-state index in [-0.39, 0.29) is 39.7 Å². The first kappa shape index (κ1) is 65.1. The van der Waals surface area contributed by atoms with Gasteiger partial charge in [0.15, 0.2) is 17.4 Å². The van der Waals surface area contributed by atoms with E-state index in [1.54, 1.807) is 11.8 Å². The van der Waals surface area contributed by atoms with E-state index in [0.717, 1.165) is 74.0 Å². The fraction of sp³-hybridized carbons (Fsp3) is 0.548. The highest BCUT2D eigenvalue weighted by molar-refractivity contribution is 6.22. The standard InChI is InChI=1S/C73H94N8O8/c1-11-81-61-44-60-58(43-57(61)48(2)45-72(81,6)7)66(59-42-53-18-14-32-80-33-15-21-56(68(53)80)67(59)73(60,8)9)54-19-12-13-20-55(54)70(85)79(10)31-16-22-64(84)74-30-17-34-86-36-38-88-40-41-89-39-37-87-35-29-51(65-62(82)46-71(4,5)47-63(65)83)26-23-50-24-27-52(28-25-50)69-77-75-49(3)76-78-69/h12-13,19-20,24-25,27-28,42-44,48H,11,14-18,21-23,26,29-41,45-47H2,1-10H3/p+1. The van der Waals surface area contributed by atoms with Crippen LogP contribution in [0.3, 0.4) is 0 Å². The second kappa shape index (κ2) is 28.5. The number of fused-ring (bicyclic) bond motifs is 4. The molecule has 0 radical (unpaired) electrons. The van der Waals surface area contributed by atoms with Crippen LogP contribution >= 0.6 is 0 Å². The van der Waals surface area contributed by atoms with Crippen molar-refractivity contribution < 1.29 is 38.1 Å². The number of nitrogens with one attached hydrogen (secondary N) is 1. The number of aromatic nitrogens is 4. The van der Waals surface area contributed by atoms with Crippen LogP contribution in [0.4, 0.5) is 5.69 Å². The Balaban J connectivity index is 0.644. The van der Waals surface area contributed by atoms with Crippen LogP contribution in [-0.4, -0.2) is 147 Å². The first-order valence-electron chi connectivity index (χ1n) is 32.9. The Morgan fingerprint density at radius 3 is 2.09 bits per heavy atom. The normalized spacial score (nSPS) is 17.8. The number of hydrogen-bond donors (Lipinski definition) is 1. The quantitative estimate of drug-likeness (QED) is 0.0228. The lowest BCUT2D eigenvalue weighted by Crippen LogP contribution is -2.50. The van der Waals surface area contributed by atoms with Crippen LogP contribution in [0.15, 0.2) is 77.9 Å². The fourth-order valence-electron chi connectivity index (χ4n) is 14.9. The molecule has 5 aliphatic rings. The van der Waals surface area contributed by atoms with Gasteiger partial charge in [-0.25, -0.2) is 4.58 Å². The molecule has 1 aromatic heterocycles. The molecule has 3 aliphatic heterocycles. The van der Waals surface area contributed by atoms with Gasteiger partial charge < -0.3 is 34.1 Å². The minimum atomic E-state index is -0.347. The first-order chi connectivity index (χ1) is 42.8. The summed E-state index contributed by atoms with van der Waals surface area (Å²) in [5.74, 6) is 1.10. The van der Waals surface area contributed by atoms with Crippen LogP contribution in [-0.2, 0) is 58.0 Å². The largest absolute Gasteiger partial charge is 0.379 e. The van der Waals surface area contributed by atoms with E-state index in [1.165, 1.54) is 55.2 Å². The topological polar surface area (TPSA) is 178 Å². The van der Waals surface area contributed by atoms with Gasteiger partial charge in [-0.1, -0.05) is 82.7 Å². The minimum absolute atomic E-state index is 0.0354. The molecule has 0 saturated heterocycles. The summed E-state index contributed by atoms with van der Waals surface area (Å²) in [6.45, 7) is 27.4. The smallest absolute Gasteiger partial charge is 0.254 e. The summed E-state index contributed by atoms with van der Waals surface area (Å²) in [6.07, 6.45) is 9.46. The lowest BCUT2D eigenvalue weighted by molar-refractivity contribution is -0.127. The molecular formula is C73H95N8O8+. The fourth-order valence-corrected chi connectivity index (χ4v) is 14.9. The number of benzene rings is 4. The van der Waals surface area contributed by atoms with E-state index >= 15 is 0 Å². The SMILES string of the molecule is CCN1c2cc3c(cc2C(C)CC1(C)C)C(c1ccccc1C(=O)N(C)CCCC(=O)NCCCOCCOCCOCCOCCC(CCc1ccc(-c2nnc(C)nn2)cc1)=C1C(=O)CC(C)(C)CC1=O)=c1cc2c4c(c1C3(C)C)CCC[N+]=4CCC2. The van der Waals surface area contributed by atoms with Crippen molar-refractivity contribution >= 4 is 34.6 Å². The molecule has 0 bridgehead atoms. The summed E-state index contributed by atoms with van der Waals surface area (Å²) in [4.78, 5) is 58.9. The Hall–Kier alpha value is -6.85. The summed E-state index contributed by atoms with van der Waals surface area (Å²) in [5.41, 5.74) is 15.0. The van der Waals surface area contributed by atoms with Gasteiger partial charge in [0.1, 0.15) is 13.1 Å². The maximum Gasteiger partial charge on any atom is 0.254 e. The second-order valence-electron chi connectivity index (χ2n) is 27.2. The Morgan fingerprint density at radius 1 is 0.753 bits per heavy atom. The van der Waals surface area contributed by atoms with Gasteiger partial charge in [0, 0.05) is 104 Å². The number of amides is 2. The Kier molecular flexibility index (Phi) is 20.9. The predicted molar refractivity (Wildman–Crippen MR) is 348 cm³/mol. The molecule has 4 aromatic carbocycles. The number of ether oxygens (including phenoxy) is 4. The highest BCUT2D eigenvalue weighted by Gasteiger charge is 2.43. The summed E-state index contributed by atoms with van der Waals surface area (Å²) in [7, 11) is 1.86. The van der Waals surface area contributed by atoms with E-state index in [1.807, 2.05) is 57.3 Å². The lowest BCUT2D eigenvalue weighted by Gasteiger charge is -2.48. The van der Waals surface area contributed by atoms with Crippen molar-refractivity contribution in [1.82, 2.24) is 35.2 Å². The van der Waals surface area contributed by atoms with Crippen molar-refractivity contribution in [3.8, 4) is 11.4 Å². The number of aryl methyl sites for hydroxylation is 3. The van der Waals surface area contributed by atoms with Crippen LogP contribution in [0, 0.1) is 12.3 Å². The number of anilines is 1. The van der Waals surface area contributed by atoms with Gasteiger partial charge in [-0.2, -0.15) is 0 Å². The number of hydrogen-bond acceptors (Lipinski definition) is 13. The van der Waals surface area contributed by atoms with E-state index in [2.05, 4.69) is 107 Å². The molecule has 16 nitrogen and oxygen atoms in total. The number of rotatable bonds is 27. The van der Waals surface area contributed by atoms with E-state index in [4.69, 9.17) is 18.9 Å². The van der Waals surface area contributed by atoms with Crippen LogP contribution in [0.25, 0.3) is 17.0 Å². The highest BCUT2D eigenvalue weighted by atomic mass is 16.6. The molecule has 474 valence electrons. The van der Waals surface area contributed by atoms with Gasteiger partial charge in [0.05, 0.1) is 51.8 Å². The third-order valence-corrected chi connectivity index (χ3v) is 19.0. The maximum absolute atomic E-state index is 14.8. The van der Waals surface area contributed by atoms with Crippen LogP contribution in [0.1, 0.15) is 186 Å².